The third kappa shape index (κ3) is 6.71. The van der Waals surface area contributed by atoms with Gasteiger partial charge in [-0.25, -0.2) is 4.79 Å². The van der Waals surface area contributed by atoms with Crippen molar-refractivity contribution in [1.82, 2.24) is 10.2 Å². The molecule has 2 atom stereocenters. The molecule has 0 saturated carbocycles. The highest BCUT2D eigenvalue weighted by atomic mass is 79.9. The van der Waals surface area contributed by atoms with Crippen molar-refractivity contribution >= 4 is 22.0 Å². The van der Waals surface area contributed by atoms with Crippen LogP contribution in [-0.4, -0.2) is 29.7 Å². The Bertz CT molecular complexity index is 537. The van der Waals surface area contributed by atoms with Crippen LogP contribution in [-0.2, 0) is 0 Å². The second-order valence-corrected chi connectivity index (χ2v) is 6.64. The summed E-state index contributed by atoms with van der Waals surface area (Å²) in [5.41, 5.74) is 0.963. The van der Waals surface area contributed by atoms with Crippen LogP contribution in [0.1, 0.15) is 51.6 Å². The van der Waals surface area contributed by atoms with Crippen molar-refractivity contribution in [2.24, 2.45) is 0 Å². The monoisotopic (exact) mass is 408 g/mol. The van der Waals surface area contributed by atoms with Gasteiger partial charge in [0, 0.05) is 23.5 Å². The average molecular weight is 409 g/mol. The molecule has 3 nitrogen and oxygen atoms in total. The summed E-state index contributed by atoms with van der Waals surface area (Å²) in [6, 6.07) is 6.65. The highest BCUT2D eigenvalue weighted by Gasteiger charge is 2.29. The molecule has 0 aromatic heterocycles. The van der Waals surface area contributed by atoms with Crippen LogP contribution in [0.4, 0.5) is 18.0 Å². The Balaban J connectivity index is 2.74. The molecule has 1 aromatic rings. The molecule has 0 aliphatic rings. The predicted molar refractivity (Wildman–Crippen MR) is 92.8 cm³/mol. The van der Waals surface area contributed by atoms with Crippen molar-refractivity contribution in [2.45, 2.75) is 58.3 Å². The van der Waals surface area contributed by atoms with E-state index in [4.69, 9.17) is 0 Å². The van der Waals surface area contributed by atoms with Crippen LogP contribution in [0.25, 0.3) is 0 Å². The standard InChI is InChI=1S/C17H24BrF3N2O/c1-4-15(9-10-17(19,20)21)22-16(24)23(5-2)12(3)13-7-6-8-14(18)11-13/h6-8,11-12,15H,4-5,9-10H2,1-3H3,(H,22,24)/t12-,15?/m1/s1. The van der Waals surface area contributed by atoms with Gasteiger partial charge in [-0.05, 0) is 44.4 Å². The third-order valence-corrected chi connectivity index (χ3v) is 4.49. The Labute approximate surface area is 149 Å². The lowest BCUT2D eigenvalue weighted by atomic mass is 10.1. The van der Waals surface area contributed by atoms with Gasteiger partial charge in [-0.15, -0.1) is 0 Å². The number of carbonyl (C=O) groups is 1. The minimum atomic E-state index is -4.20. The maximum absolute atomic E-state index is 12.5. The second-order valence-electron chi connectivity index (χ2n) is 5.73. The van der Waals surface area contributed by atoms with Gasteiger partial charge in [-0.2, -0.15) is 13.2 Å². The Hall–Kier alpha value is -1.24. The molecule has 1 unspecified atom stereocenters. The number of hydrogen-bond acceptors (Lipinski definition) is 1. The molecule has 0 radical (unpaired) electrons. The van der Waals surface area contributed by atoms with Gasteiger partial charge < -0.3 is 10.2 Å². The van der Waals surface area contributed by atoms with E-state index in [1.165, 1.54) is 0 Å². The van der Waals surface area contributed by atoms with Crippen molar-refractivity contribution in [3.63, 3.8) is 0 Å². The molecule has 0 aliphatic heterocycles. The van der Waals surface area contributed by atoms with Crippen molar-refractivity contribution in [3.05, 3.63) is 34.3 Å². The first-order valence-corrected chi connectivity index (χ1v) is 8.86. The number of nitrogens with one attached hydrogen (secondary N) is 1. The summed E-state index contributed by atoms with van der Waals surface area (Å²) in [6.45, 7) is 6.00. The van der Waals surface area contributed by atoms with Crippen molar-refractivity contribution in [2.75, 3.05) is 6.54 Å². The summed E-state index contributed by atoms with van der Waals surface area (Å²) in [7, 11) is 0. The van der Waals surface area contributed by atoms with Gasteiger partial charge in [-0.3, -0.25) is 0 Å². The SMILES string of the molecule is CCC(CCC(F)(F)F)NC(=O)N(CC)[C@H](C)c1cccc(Br)c1. The van der Waals surface area contributed by atoms with Crippen LogP contribution < -0.4 is 5.32 Å². The number of amides is 2. The van der Waals surface area contributed by atoms with E-state index < -0.39 is 18.6 Å². The molecule has 136 valence electrons. The van der Waals surface area contributed by atoms with E-state index in [1.54, 1.807) is 11.8 Å². The summed E-state index contributed by atoms with van der Waals surface area (Å²) in [4.78, 5) is 14.1. The topological polar surface area (TPSA) is 32.3 Å². The van der Waals surface area contributed by atoms with Crippen molar-refractivity contribution < 1.29 is 18.0 Å². The zero-order chi connectivity index (χ0) is 18.3. The maximum Gasteiger partial charge on any atom is 0.389 e. The molecule has 0 spiro atoms. The van der Waals surface area contributed by atoms with Gasteiger partial charge in [0.1, 0.15) is 0 Å². The molecule has 1 aromatic carbocycles. The van der Waals surface area contributed by atoms with Crippen LogP contribution in [0.2, 0.25) is 0 Å². The molecule has 2 amide bonds. The molecule has 0 heterocycles. The minimum Gasteiger partial charge on any atom is -0.335 e. The van der Waals surface area contributed by atoms with E-state index in [1.807, 2.05) is 38.1 Å². The molecule has 0 saturated heterocycles. The number of alkyl halides is 3. The predicted octanol–water partition coefficient (Wildman–Crippen LogP) is 5.66. The first kappa shape index (κ1) is 20.8. The quantitative estimate of drug-likeness (QED) is 0.619. The summed E-state index contributed by atoms with van der Waals surface area (Å²) >= 11 is 3.40. The second kappa shape index (κ2) is 9.30. The van der Waals surface area contributed by atoms with Crippen LogP contribution >= 0.6 is 15.9 Å². The number of rotatable bonds is 7. The molecule has 1 N–H and O–H groups in total. The highest BCUT2D eigenvalue weighted by Crippen LogP contribution is 2.25. The number of urea groups is 1. The van der Waals surface area contributed by atoms with Gasteiger partial charge >= 0.3 is 12.2 Å². The van der Waals surface area contributed by atoms with E-state index in [0.717, 1.165) is 10.0 Å². The Morgan fingerprint density at radius 1 is 1.33 bits per heavy atom. The van der Waals surface area contributed by atoms with E-state index in [9.17, 15) is 18.0 Å². The first-order chi connectivity index (χ1) is 11.2. The molecule has 1 rings (SSSR count). The normalized spacial score (nSPS) is 14.1. The van der Waals surface area contributed by atoms with E-state index >= 15 is 0 Å². The Morgan fingerprint density at radius 3 is 2.50 bits per heavy atom. The van der Waals surface area contributed by atoms with Gasteiger partial charge in [0.15, 0.2) is 0 Å². The number of halogens is 4. The lowest BCUT2D eigenvalue weighted by Crippen LogP contribution is -2.45. The van der Waals surface area contributed by atoms with Crippen LogP contribution in [0.5, 0.6) is 0 Å². The average Bonchev–Trinajstić information content (AvgIpc) is 2.51. The van der Waals surface area contributed by atoms with Crippen LogP contribution in [0.3, 0.4) is 0 Å². The molecular weight excluding hydrogens is 385 g/mol. The lowest BCUT2D eigenvalue weighted by Gasteiger charge is -2.30. The van der Waals surface area contributed by atoms with E-state index in [-0.39, 0.29) is 18.5 Å². The smallest absolute Gasteiger partial charge is 0.335 e. The summed E-state index contributed by atoms with van der Waals surface area (Å²) in [5, 5.41) is 2.73. The number of benzene rings is 1. The van der Waals surface area contributed by atoms with Gasteiger partial charge in [-0.1, -0.05) is 35.0 Å². The summed E-state index contributed by atoms with van der Waals surface area (Å²) in [5.74, 6) is 0. The molecular formula is C17H24BrF3N2O. The van der Waals surface area contributed by atoms with Crippen LogP contribution in [0, 0.1) is 0 Å². The fourth-order valence-corrected chi connectivity index (χ4v) is 2.93. The summed E-state index contributed by atoms with van der Waals surface area (Å²) < 4.78 is 38.0. The molecule has 24 heavy (non-hydrogen) atoms. The number of carbonyl (C=O) groups excluding carboxylic acids is 1. The van der Waals surface area contributed by atoms with Crippen LogP contribution in [0.15, 0.2) is 28.7 Å². The molecule has 7 heteroatoms. The Morgan fingerprint density at radius 2 is 2.00 bits per heavy atom. The molecule has 0 fully saturated rings. The van der Waals surface area contributed by atoms with E-state index in [2.05, 4.69) is 21.2 Å². The summed E-state index contributed by atoms with van der Waals surface area (Å²) in [6.07, 6.45) is -4.73. The van der Waals surface area contributed by atoms with E-state index in [0.29, 0.717) is 13.0 Å². The molecule has 0 bridgehead atoms. The fraction of sp³-hybridized carbons (Fsp3) is 0.588. The largest absolute Gasteiger partial charge is 0.389 e. The zero-order valence-corrected chi connectivity index (χ0v) is 15.7. The minimum absolute atomic E-state index is 0.103. The molecule has 0 aliphatic carbocycles. The zero-order valence-electron chi connectivity index (χ0n) is 14.2. The number of hydrogen-bond donors (Lipinski definition) is 1. The van der Waals surface area contributed by atoms with Gasteiger partial charge in [0.2, 0.25) is 0 Å². The maximum atomic E-state index is 12.5. The van der Waals surface area contributed by atoms with Gasteiger partial charge in [0.05, 0.1) is 6.04 Å². The fourth-order valence-electron chi connectivity index (χ4n) is 2.51. The Kier molecular flexibility index (Phi) is 8.06. The van der Waals surface area contributed by atoms with Crippen molar-refractivity contribution in [1.29, 1.82) is 0 Å². The first-order valence-electron chi connectivity index (χ1n) is 8.07. The highest BCUT2D eigenvalue weighted by molar-refractivity contribution is 9.10. The lowest BCUT2D eigenvalue weighted by molar-refractivity contribution is -0.136. The number of nitrogens with zero attached hydrogens (tertiary/aromatic N) is 1. The van der Waals surface area contributed by atoms with Crippen molar-refractivity contribution in [3.8, 4) is 0 Å². The van der Waals surface area contributed by atoms with Gasteiger partial charge in [0.25, 0.3) is 0 Å². The third-order valence-electron chi connectivity index (χ3n) is 4.00.